The molecule has 1 aromatic rings. The number of carbonyl (C=O) groups is 1. The van der Waals surface area contributed by atoms with E-state index in [1.165, 1.54) is 4.31 Å². The summed E-state index contributed by atoms with van der Waals surface area (Å²) in [6.07, 6.45) is 1.41. The lowest BCUT2D eigenvalue weighted by Crippen LogP contribution is -2.50. The molecule has 0 aromatic heterocycles. The molecule has 0 aliphatic carbocycles. The third-order valence-corrected chi connectivity index (χ3v) is 6.42. The molecule has 1 saturated heterocycles. The van der Waals surface area contributed by atoms with Crippen LogP contribution in [0.5, 0.6) is 0 Å². The number of nitrogens with zero attached hydrogens (tertiary/aromatic N) is 2. The Morgan fingerprint density at radius 2 is 1.70 bits per heavy atom. The second-order valence-corrected chi connectivity index (χ2v) is 9.02. The van der Waals surface area contributed by atoms with Gasteiger partial charge in [-0.05, 0) is 36.6 Å². The molecule has 0 bridgehead atoms. The molecule has 1 amide bonds. The van der Waals surface area contributed by atoms with Gasteiger partial charge in [0.1, 0.15) is 0 Å². The smallest absolute Gasteiger partial charge is 0.243 e. The third-order valence-electron chi connectivity index (χ3n) is 3.98. The molecular formula is C16H23BrN2O3S. The van der Waals surface area contributed by atoms with E-state index in [0.29, 0.717) is 43.4 Å². The molecule has 0 radical (unpaired) electrons. The fourth-order valence-corrected chi connectivity index (χ4v) is 4.19. The minimum absolute atomic E-state index is 0.124. The fraction of sp³-hybridized carbons (Fsp3) is 0.562. The van der Waals surface area contributed by atoms with E-state index in [1.54, 1.807) is 29.2 Å². The van der Waals surface area contributed by atoms with Crippen molar-refractivity contribution in [1.29, 1.82) is 0 Å². The minimum atomic E-state index is -3.48. The Kier molecular flexibility index (Phi) is 6.22. The zero-order valence-electron chi connectivity index (χ0n) is 13.5. The van der Waals surface area contributed by atoms with Crippen molar-refractivity contribution in [3.8, 4) is 0 Å². The first-order valence-corrected chi connectivity index (χ1v) is 10.1. The molecule has 5 nitrogen and oxygen atoms in total. The summed E-state index contributed by atoms with van der Waals surface area (Å²) < 4.78 is 27.5. The van der Waals surface area contributed by atoms with Crippen LogP contribution in [0.15, 0.2) is 33.6 Å². The van der Waals surface area contributed by atoms with Crippen LogP contribution < -0.4 is 0 Å². The van der Waals surface area contributed by atoms with Crippen molar-refractivity contribution in [3.63, 3.8) is 0 Å². The SMILES string of the molecule is CC(C)CCC(=O)N1CCN(S(=O)(=O)c2ccc(Br)cc2)CC1. The van der Waals surface area contributed by atoms with Gasteiger partial charge < -0.3 is 4.90 Å². The summed E-state index contributed by atoms with van der Waals surface area (Å²) >= 11 is 3.30. The van der Waals surface area contributed by atoms with Crippen LogP contribution in [-0.2, 0) is 14.8 Å². The van der Waals surface area contributed by atoms with Gasteiger partial charge in [-0.25, -0.2) is 8.42 Å². The van der Waals surface area contributed by atoms with E-state index >= 15 is 0 Å². The fourth-order valence-electron chi connectivity index (χ4n) is 2.50. The van der Waals surface area contributed by atoms with E-state index in [1.807, 2.05) is 0 Å². The van der Waals surface area contributed by atoms with Gasteiger partial charge in [0.2, 0.25) is 15.9 Å². The lowest BCUT2D eigenvalue weighted by atomic mass is 10.1. The lowest BCUT2D eigenvalue weighted by molar-refractivity contribution is -0.132. The van der Waals surface area contributed by atoms with Gasteiger partial charge in [-0.15, -0.1) is 0 Å². The van der Waals surface area contributed by atoms with Crippen LogP contribution in [0.2, 0.25) is 0 Å². The molecule has 0 saturated carbocycles. The predicted molar refractivity (Wildman–Crippen MR) is 93.6 cm³/mol. The quantitative estimate of drug-likeness (QED) is 0.760. The molecule has 1 heterocycles. The van der Waals surface area contributed by atoms with E-state index in [9.17, 15) is 13.2 Å². The molecule has 0 N–H and O–H groups in total. The van der Waals surface area contributed by atoms with Gasteiger partial charge in [0.15, 0.2) is 0 Å². The lowest BCUT2D eigenvalue weighted by Gasteiger charge is -2.34. The number of benzene rings is 1. The van der Waals surface area contributed by atoms with Crippen LogP contribution in [0, 0.1) is 5.92 Å². The van der Waals surface area contributed by atoms with Crippen molar-refractivity contribution >= 4 is 31.9 Å². The Hall–Kier alpha value is -0.920. The summed E-state index contributed by atoms with van der Waals surface area (Å²) in [5.41, 5.74) is 0. The highest BCUT2D eigenvalue weighted by atomic mass is 79.9. The number of hydrogen-bond donors (Lipinski definition) is 0. The molecule has 0 atom stereocenters. The van der Waals surface area contributed by atoms with Crippen molar-refractivity contribution in [2.45, 2.75) is 31.6 Å². The highest BCUT2D eigenvalue weighted by molar-refractivity contribution is 9.10. The molecule has 23 heavy (non-hydrogen) atoms. The molecule has 0 unspecified atom stereocenters. The van der Waals surface area contributed by atoms with Crippen LogP contribution >= 0.6 is 15.9 Å². The Morgan fingerprint density at radius 3 is 2.22 bits per heavy atom. The highest BCUT2D eigenvalue weighted by Crippen LogP contribution is 2.20. The topological polar surface area (TPSA) is 57.7 Å². The maximum Gasteiger partial charge on any atom is 0.243 e. The van der Waals surface area contributed by atoms with Crippen molar-refractivity contribution in [2.75, 3.05) is 26.2 Å². The molecule has 7 heteroatoms. The van der Waals surface area contributed by atoms with E-state index in [4.69, 9.17) is 0 Å². The summed E-state index contributed by atoms with van der Waals surface area (Å²) in [4.78, 5) is 14.2. The molecule has 1 fully saturated rings. The van der Waals surface area contributed by atoms with Gasteiger partial charge in [0, 0.05) is 37.1 Å². The van der Waals surface area contributed by atoms with E-state index in [0.717, 1.165) is 10.9 Å². The molecule has 0 spiro atoms. The van der Waals surface area contributed by atoms with Gasteiger partial charge >= 0.3 is 0 Å². The molecule has 2 rings (SSSR count). The van der Waals surface area contributed by atoms with E-state index in [-0.39, 0.29) is 5.91 Å². The number of hydrogen-bond acceptors (Lipinski definition) is 3. The van der Waals surface area contributed by atoms with Crippen LogP contribution in [0.1, 0.15) is 26.7 Å². The first-order valence-electron chi connectivity index (χ1n) is 7.84. The number of amides is 1. The number of carbonyl (C=O) groups excluding carboxylic acids is 1. The van der Waals surface area contributed by atoms with Crippen molar-refractivity contribution in [1.82, 2.24) is 9.21 Å². The average Bonchev–Trinajstić information content (AvgIpc) is 2.53. The first kappa shape index (κ1) is 18.4. The van der Waals surface area contributed by atoms with E-state index < -0.39 is 10.0 Å². The monoisotopic (exact) mass is 402 g/mol. The molecule has 1 aliphatic heterocycles. The van der Waals surface area contributed by atoms with Crippen LogP contribution in [-0.4, -0.2) is 49.7 Å². The molecule has 128 valence electrons. The van der Waals surface area contributed by atoms with E-state index in [2.05, 4.69) is 29.8 Å². The summed E-state index contributed by atoms with van der Waals surface area (Å²) in [6.45, 7) is 5.82. The van der Waals surface area contributed by atoms with Crippen molar-refractivity contribution in [2.24, 2.45) is 5.92 Å². The van der Waals surface area contributed by atoms with Gasteiger partial charge in [-0.2, -0.15) is 4.31 Å². The first-order chi connectivity index (χ1) is 10.8. The zero-order valence-corrected chi connectivity index (χ0v) is 15.9. The molecule has 1 aromatic carbocycles. The number of piperazine rings is 1. The van der Waals surface area contributed by atoms with Gasteiger partial charge in [-0.3, -0.25) is 4.79 Å². The van der Waals surface area contributed by atoms with Gasteiger partial charge in [-0.1, -0.05) is 29.8 Å². The Bertz CT molecular complexity index is 636. The van der Waals surface area contributed by atoms with Crippen LogP contribution in [0.25, 0.3) is 0 Å². The summed E-state index contributed by atoms with van der Waals surface area (Å²) in [5.74, 6) is 0.623. The third kappa shape index (κ3) is 4.78. The normalized spacial score (nSPS) is 16.8. The summed E-state index contributed by atoms with van der Waals surface area (Å²) in [5, 5.41) is 0. The second-order valence-electron chi connectivity index (χ2n) is 6.17. The second kappa shape index (κ2) is 7.77. The number of sulfonamides is 1. The Morgan fingerprint density at radius 1 is 1.13 bits per heavy atom. The van der Waals surface area contributed by atoms with Gasteiger partial charge in [0.25, 0.3) is 0 Å². The molecule has 1 aliphatic rings. The number of halogens is 1. The zero-order chi connectivity index (χ0) is 17.0. The van der Waals surface area contributed by atoms with Crippen molar-refractivity contribution < 1.29 is 13.2 Å². The molecular weight excluding hydrogens is 380 g/mol. The largest absolute Gasteiger partial charge is 0.340 e. The highest BCUT2D eigenvalue weighted by Gasteiger charge is 2.29. The maximum atomic E-state index is 12.6. The Balaban J connectivity index is 1.95. The number of rotatable bonds is 5. The van der Waals surface area contributed by atoms with Crippen LogP contribution in [0.3, 0.4) is 0 Å². The standard InChI is InChI=1S/C16H23BrN2O3S/c1-13(2)3-8-16(20)18-9-11-19(12-10-18)23(21,22)15-6-4-14(17)5-7-15/h4-7,13H,3,8-12H2,1-2H3. The van der Waals surface area contributed by atoms with Crippen LogP contribution in [0.4, 0.5) is 0 Å². The predicted octanol–water partition coefficient (Wildman–Crippen LogP) is 2.72. The minimum Gasteiger partial charge on any atom is -0.340 e. The average molecular weight is 403 g/mol. The summed E-state index contributed by atoms with van der Waals surface area (Å²) in [7, 11) is -3.48. The van der Waals surface area contributed by atoms with Gasteiger partial charge in [0.05, 0.1) is 4.90 Å². The van der Waals surface area contributed by atoms with Crippen molar-refractivity contribution in [3.05, 3.63) is 28.7 Å². The maximum absolute atomic E-state index is 12.6. The Labute approximate surface area is 146 Å². The summed E-state index contributed by atoms with van der Waals surface area (Å²) in [6, 6.07) is 6.64.